The highest BCUT2D eigenvalue weighted by Crippen LogP contribution is 2.13. The molecule has 0 saturated carbocycles. The second kappa shape index (κ2) is 7.41. The van der Waals surface area contributed by atoms with E-state index in [0.29, 0.717) is 13.2 Å². The molecule has 146 valence electrons. The number of rotatable bonds is 4. The molecule has 5 rings (SSSR count). The van der Waals surface area contributed by atoms with Crippen LogP contribution >= 0.6 is 0 Å². The number of H-pyrrole nitrogens is 4. The first kappa shape index (κ1) is 17.5. The summed E-state index contributed by atoms with van der Waals surface area (Å²) in [6.07, 6.45) is 7.06. The van der Waals surface area contributed by atoms with Crippen molar-refractivity contribution in [3.63, 3.8) is 0 Å². The van der Waals surface area contributed by atoms with Gasteiger partial charge in [0.15, 0.2) is 5.76 Å². The van der Waals surface area contributed by atoms with Crippen LogP contribution in [-0.4, -0.2) is 33.1 Å². The molecule has 0 atom stereocenters. The Morgan fingerprint density at radius 3 is 2.00 bits per heavy atom. The number of fused-ring (bicyclic) bond motifs is 8. The molecule has 0 fully saturated rings. The molecule has 0 radical (unpaired) electrons. The summed E-state index contributed by atoms with van der Waals surface area (Å²) in [5, 5.41) is 4.00. The number of ether oxygens (including phenoxy) is 1. The summed E-state index contributed by atoms with van der Waals surface area (Å²) in [4.78, 5) is 13.8. The first-order valence-electron chi connectivity index (χ1n) is 9.78. The third-order valence-electron chi connectivity index (χ3n) is 4.90. The maximum absolute atomic E-state index is 6.11. The van der Waals surface area contributed by atoms with Gasteiger partial charge in [0.25, 0.3) is 0 Å². The molecule has 0 saturated heterocycles. The number of aromatic nitrogens is 4. The van der Waals surface area contributed by atoms with Gasteiger partial charge in [-0.3, -0.25) is 0 Å². The molecule has 29 heavy (non-hydrogen) atoms. The largest absolute Gasteiger partial charge is 0.489 e. The van der Waals surface area contributed by atoms with Gasteiger partial charge in [-0.2, -0.15) is 0 Å². The quantitative estimate of drug-likeness (QED) is 0.327. The van der Waals surface area contributed by atoms with Crippen molar-refractivity contribution >= 4 is 24.0 Å². The van der Waals surface area contributed by atoms with Crippen molar-refractivity contribution in [1.29, 1.82) is 0 Å². The molecule has 0 unspecified atom stereocenters. The van der Waals surface area contributed by atoms with Gasteiger partial charge in [-0.05, 0) is 79.7 Å². The van der Waals surface area contributed by atoms with E-state index in [-0.39, 0.29) is 0 Å². The van der Waals surface area contributed by atoms with Gasteiger partial charge in [-0.15, -0.1) is 0 Å². The summed E-state index contributed by atoms with van der Waals surface area (Å²) in [5.41, 5.74) is 9.65. The molecule has 0 spiro atoms. The molecule has 0 aromatic carbocycles. The van der Waals surface area contributed by atoms with Crippen molar-refractivity contribution in [3.8, 4) is 0 Å². The first-order chi connectivity index (χ1) is 14.3. The standard InChI is InChI=1S/C23H23N5O/c24-10-1-11-29-23-21-8-6-19(27-21)13-17-4-2-15(25-17)12-16-3-5-18(26-16)14-20-7-9-22(23)28-20/h2-9,12-14,25-28H,1,10-11,24H2. The number of nitrogens with one attached hydrogen (secondary N) is 4. The molecule has 6 nitrogen and oxygen atoms in total. The molecule has 6 N–H and O–H groups in total. The van der Waals surface area contributed by atoms with Crippen LogP contribution in [0.4, 0.5) is 0 Å². The van der Waals surface area contributed by atoms with Crippen LogP contribution in [0, 0.1) is 0 Å². The minimum Gasteiger partial charge on any atom is -0.489 e. The average Bonchev–Trinajstić information content (AvgIpc) is 3.49. The van der Waals surface area contributed by atoms with Gasteiger partial charge in [0.05, 0.1) is 17.6 Å². The Labute approximate surface area is 167 Å². The van der Waals surface area contributed by atoms with Crippen LogP contribution in [0.1, 0.15) is 29.2 Å². The Balaban J connectivity index is 1.72. The van der Waals surface area contributed by atoms with E-state index in [9.17, 15) is 0 Å². The van der Waals surface area contributed by atoms with Crippen LogP contribution in [0.25, 0.3) is 24.0 Å². The summed E-state index contributed by atoms with van der Waals surface area (Å²) >= 11 is 0. The maximum Gasteiger partial charge on any atom is 0.166 e. The number of hydrogen-bond acceptors (Lipinski definition) is 2. The van der Waals surface area contributed by atoms with Crippen molar-refractivity contribution in [2.75, 3.05) is 13.2 Å². The fourth-order valence-electron chi connectivity index (χ4n) is 3.51. The second-order valence-electron chi connectivity index (χ2n) is 7.15. The lowest BCUT2D eigenvalue weighted by atomic mass is 10.3. The van der Waals surface area contributed by atoms with Crippen LogP contribution in [0.15, 0.2) is 48.5 Å². The van der Waals surface area contributed by atoms with Gasteiger partial charge in [-0.25, -0.2) is 0 Å². The van der Waals surface area contributed by atoms with Crippen molar-refractivity contribution in [2.45, 2.75) is 6.42 Å². The minimum atomic E-state index is 0.567. The van der Waals surface area contributed by atoms with Gasteiger partial charge in [0.1, 0.15) is 0 Å². The predicted molar refractivity (Wildman–Crippen MR) is 115 cm³/mol. The molecule has 0 aliphatic carbocycles. The van der Waals surface area contributed by atoms with Crippen molar-refractivity contribution in [2.24, 2.45) is 5.73 Å². The summed E-state index contributed by atoms with van der Waals surface area (Å²) in [6.45, 7) is 1.17. The highest BCUT2D eigenvalue weighted by atomic mass is 16.5. The lowest BCUT2D eigenvalue weighted by molar-refractivity contribution is 0.270. The highest BCUT2D eigenvalue weighted by molar-refractivity contribution is 5.59. The fourth-order valence-corrected chi connectivity index (χ4v) is 3.51. The topological polar surface area (TPSA) is 98.4 Å². The Morgan fingerprint density at radius 1 is 0.655 bits per heavy atom. The summed E-state index contributed by atoms with van der Waals surface area (Å²) in [6, 6.07) is 16.5. The fraction of sp³-hybridized carbons (Fsp3) is 0.130. The van der Waals surface area contributed by atoms with E-state index in [0.717, 1.165) is 56.4 Å². The van der Waals surface area contributed by atoms with Gasteiger partial charge in [0.2, 0.25) is 0 Å². The molecular formula is C23H23N5O. The lowest BCUT2D eigenvalue weighted by Gasteiger charge is -2.08. The molecule has 6 heteroatoms. The summed E-state index contributed by atoms with van der Waals surface area (Å²) in [5.74, 6) is 0.789. The number of hydrogen-bond donors (Lipinski definition) is 5. The van der Waals surface area contributed by atoms with E-state index in [1.165, 1.54) is 0 Å². The Kier molecular flexibility index (Phi) is 4.46. The van der Waals surface area contributed by atoms with E-state index in [2.05, 4.69) is 74.6 Å². The zero-order valence-corrected chi connectivity index (χ0v) is 16.0. The van der Waals surface area contributed by atoms with Crippen molar-refractivity contribution in [3.05, 3.63) is 92.7 Å². The van der Waals surface area contributed by atoms with Gasteiger partial charge in [0, 0.05) is 33.1 Å². The van der Waals surface area contributed by atoms with Crippen LogP contribution in [0.2, 0.25) is 0 Å². The maximum atomic E-state index is 6.11. The van der Waals surface area contributed by atoms with E-state index in [1.54, 1.807) is 0 Å². The average molecular weight is 385 g/mol. The van der Waals surface area contributed by atoms with E-state index < -0.39 is 0 Å². The lowest BCUT2D eigenvalue weighted by Crippen LogP contribution is -2.16. The van der Waals surface area contributed by atoms with Gasteiger partial charge in [-0.1, -0.05) is 0 Å². The van der Waals surface area contributed by atoms with E-state index in [4.69, 9.17) is 10.5 Å². The molecular weight excluding hydrogens is 362 g/mol. The molecule has 0 amide bonds. The number of nitrogens with two attached hydrogens (primary N) is 1. The predicted octanol–water partition coefficient (Wildman–Crippen LogP) is 0.321. The van der Waals surface area contributed by atoms with Crippen molar-refractivity contribution in [1.82, 2.24) is 19.9 Å². The molecule has 1 aliphatic heterocycles. The minimum absolute atomic E-state index is 0.567. The molecule has 8 bridgehead atoms. The van der Waals surface area contributed by atoms with Crippen LogP contribution in [0.5, 0.6) is 0 Å². The molecule has 4 aromatic rings. The zero-order chi connectivity index (χ0) is 19.6. The van der Waals surface area contributed by atoms with Gasteiger partial charge < -0.3 is 30.4 Å². The second-order valence-corrected chi connectivity index (χ2v) is 7.15. The van der Waals surface area contributed by atoms with Crippen LogP contribution in [-0.2, 0) is 4.74 Å². The van der Waals surface area contributed by atoms with E-state index >= 15 is 0 Å². The van der Waals surface area contributed by atoms with Crippen LogP contribution < -0.4 is 27.1 Å². The SMILES string of the molecule is NCCCOC1=c2ccc([nH]2)=Cc2ccc([nH]2)C=c2ccc([nH]2)=Cc2ccc1[nH]2. The highest BCUT2D eigenvalue weighted by Gasteiger charge is 2.08. The molecule has 4 aromatic heterocycles. The third kappa shape index (κ3) is 3.70. The Morgan fingerprint density at radius 2 is 1.28 bits per heavy atom. The molecule has 1 aliphatic rings. The summed E-state index contributed by atoms with van der Waals surface area (Å²) in [7, 11) is 0. The smallest absolute Gasteiger partial charge is 0.166 e. The molecule has 5 heterocycles. The normalized spacial score (nSPS) is 12.8. The van der Waals surface area contributed by atoms with Gasteiger partial charge >= 0.3 is 0 Å². The van der Waals surface area contributed by atoms with Crippen LogP contribution in [0.3, 0.4) is 0 Å². The third-order valence-corrected chi connectivity index (χ3v) is 4.90. The summed E-state index contributed by atoms with van der Waals surface area (Å²) < 4.78 is 6.11. The van der Waals surface area contributed by atoms with Crippen molar-refractivity contribution < 1.29 is 4.74 Å². The Bertz CT molecular complexity index is 1380. The zero-order valence-electron chi connectivity index (χ0n) is 16.0. The number of aromatic amines is 4. The Hall–Kier alpha value is -3.64. The van der Waals surface area contributed by atoms with E-state index in [1.807, 2.05) is 12.1 Å². The monoisotopic (exact) mass is 385 g/mol. The first-order valence-corrected chi connectivity index (χ1v) is 9.78.